The Kier molecular flexibility index (Phi) is 4.16. The van der Waals surface area contributed by atoms with Crippen molar-refractivity contribution >= 4 is 18.3 Å². The average molecular weight is 422 g/mol. The van der Waals surface area contributed by atoms with Gasteiger partial charge in [0.1, 0.15) is 24.4 Å². The molecule has 0 amide bonds. The van der Waals surface area contributed by atoms with Crippen molar-refractivity contribution < 1.29 is 38.1 Å². The first-order chi connectivity index (χ1) is 14.0. The van der Waals surface area contributed by atoms with Crippen LogP contribution in [0.15, 0.2) is 0 Å². The van der Waals surface area contributed by atoms with Crippen LogP contribution in [0.2, 0.25) is 0 Å². The zero-order valence-electron chi connectivity index (χ0n) is 17.9. The maximum Gasteiger partial charge on any atom is 0.508 e. The predicted octanol–water partition coefficient (Wildman–Crippen LogP) is 3.75. The molecule has 166 valence electrons. The van der Waals surface area contributed by atoms with Crippen molar-refractivity contribution in [1.82, 2.24) is 0 Å². The molecule has 4 atom stereocenters. The van der Waals surface area contributed by atoms with Gasteiger partial charge in [0, 0.05) is 6.42 Å². The number of carbonyl (C=O) groups is 3. The summed E-state index contributed by atoms with van der Waals surface area (Å²) in [6, 6.07) is 0. The Morgan fingerprint density at radius 1 is 1.00 bits per heavy atom. The molecule has 1 saturated heterocycles. The molecule has 5 saturated carbocycles. The van der Waals surface area contributed by atoms with E-state index in [4.69, 9.17) is 18.9 Å². The Bertz CT molecular complexity index is 774. The molecule has 30 heavy (non-hydrogen) atoms. The van der Waals surface area contributed by atoms with E-state index in [1.54, 1.807) is 0 Å². The highest BCUT2D eigenvalue weighted by molar-refractivity contribution is 5.81. The van der Waals surface area contributed by atoms with E-state index in [0.717, 1.165) is 38.5 Å². The van der Waals surface area contributed by atoms with Crippen LogP contribution < -0.4 is 0 Å². The van der Waals surface area contributed by atoms with Crippen molar-refractivity contribution in [2.75, 3.05) is 13.2 Å². The molecule has 6 fully saturated rings. The molecule has 0 radical (unpaired) electrons. The molecule has 0 spiro atoms. The number of carbonyl (C=O) groups excluding carboxylic acids is 3. The Morgan fingerprint density at radius 3 is 2.13 bits per heavy atom. The van der Waals surface area contributed by atoms with Gasteiger partial charge in [0.05, 0.1) is 5.41 Å². The quantitative estimate of drug-likeness (QED) is 0.488. The monoisotopic (exact) mass is 422 g/mol. The number of rotatable bonds is 5. The number of cyclic esters (lactones) is 2. The van der Waals surface area contributed by atoms with Gasteiger partial charge in [-0.05, 0) is 62.7 Å². The van der Waals surface area contributed by atoms with Crippen molar-refractivity contribution in [2.24, 2.45) is 22.7 Å². The van der Waals surface area contributed by atoms with Crippen LogP contribution in [-0.4, -0.2) is 48.8 Å². The highest BCUT2D eigenvalue weighted by Crippen LogP contribution is 2.66. The van der Waals surface area contributed by atoms with Crippen molar-refractivity contribution in [2.45, 2.75) is 83.0 Å². The molecule has 0 aromatic carbocycles. The highest BCUT2D eigenvalue weighted by Gasteiger charge is 2.67. The van der Waals surface area contributed by atoms with E-state index in [-0.39, 0.29) is 24.6 Å². The molecule has 6 rings (SSSR count). The Morgan fingerprint density at radius 2 is 1.60 bits per heavy atom. The summed E-state index contributed by atoms with van der Waals surface area (Å²) in [6.07, 6.45) is 3.60. The summed E-state index contributed by atoms with van der Waals surface area (Å²) in [5.41, 5.74) is -1.65. The van der Waals surface area contributed by atoms with E-state index in [1.165, 1.54) is 0 Å². The van der Waals surface area contributed by atoms with Gasteiger partial charge >= 0.3 is 18.3 Å². The largest absolute Gasteiger partial charge is 0.508 e. The first kappa shape index (κ1) is 19.9. The molecule has 4 unspecified atom stereocenters. The lowest BCUT2D eigenvalue weighted by molar-refractivity contribution is -0.227. The molecular weight excluding hydrogens is 392 g/mol. The molecule has 0 aromatic rings. The van der Waals surface area contributed by atoms with E-state index < -0.39 is 35.0 Å². The Balaban J connectivity index is 1.24. The first-order valence-electron chi connectivity index (χ1n) is 10.9. The lowest BCUT2D eigenvalue weighted by Crippen LogP contribution is -2.62. The highest BCUT2D eigenvalue weighted by atomic mass is 16.8. The van der Waals surface area contributed by atoms with Crippen LogP contribution in [0.3, 0.4) is 0 Å². The van der Waals surface area contributed by atoms with Crippen LogP contribution in [0.25, 0.3) is 0 Å². The molecule has 4 bridgehead atoms. The summed E-state index contributed by atoms with van der Waals surface area (Å²) in [7, 11) is 0. The second-order valence-electron chi connectivity index (χ2n) is 11.1. The minimum absolute atomic E-state index is 0.0300. The third-order valence-electron chi connectivity index (χ3n) is 8.21. The summed E-state index contributed by atoms with van der Waals surface area (Å²) in [5, 5.41) is 0. The molecular formula is C22H30O8. The molecule has 8 heteroatoms. The van der Waals surface area contributed by atoms with Gasteiger partial charge in [0.2, 0.25) is 0 Å². The van der Waals surface area contributed by atoms with E-state index in [0.29, 0.717) is 18.3 Å². The standard InChI is InChI=1S/C22H30O8/c1-19(2)11-20(19,3)16(23)29-21-5-13-4-14(6-21)8-22(7-13,12-21)30-18(25)27-10-15-9-26-17(24)28-15/h13-15H,4-12H2,1-3H3. The molecule has 5 aliphatic carbocycles. The van der Waals surface area contributed by atoms with Crippen LogP contribution >= 0.6 is 0 Å². The minimum atomic E-state index is -0.767. The Labute approximate surface area is 175 Å². The first-order valence-corrected chi connectivity index (χ1v) is 10.9. The third-order valence-corrected chi connectivity index (χ3v) is 8.21. The number of hydrogen-bond donors (Lipinski definition) is 0. The molecule has 8 nitrogen and oxygen atoms in total. The smallest absolute Gasteiger partial charge is 0.458 e. The molecule has 1 heterocycles. The van der Waals surface area contributed by atoms with Gasteiger partial charge in [0.15, 0.2) is 6.10 Å². The van der Waals surface area contributed by atoms with Gasteiger partial charge in [-0.1, -0.05) is 13.8 Å². The van der Waals surface area contributed by atoms with E-state index in [9.17, 15) is 14.4 Å². The predicted molar refractivity (Wildman–Crippen MR) is 101 cm³/mol. The van der Waals surface area contributed by atoms with Gasteiger partial charge in [-0.3, -0.25) is 4.79 Å². The van der Waals surface area contributed by atoms with Crippen molar-refractivity contribution in [3.05, 3.63) is 0 Å². The number of ether oxygens (including phenoxy) is 5. The third kappa shape index (κ3) is 3.23. The zero-order chi connectivity index (χ0) is 21.4. The molecule has 0 aromatic heterocycles. The second kappa shape index (κ2) is 6.26. The maximum atomic E-state index is 13.0. The number of esters is 1. The number of hydrogen-bond acceptors (Lipinski definition) is 8. The van der Waals surface area contributed by atoms with Gasteiger partial charge in [-0.15, -0.1) is 0 Å². The van der Waals surface area contributed by atoms with Gasteiger partial charge in [-0.2, -0.15) is 0 Å². The summed E-state index contributed by atoms with van der Waals surface area (Å²) < 4.78 is 26.8. The van der Waals surface area contributed by atoms with E-state index in [1.807, 2.05) is 6.92 Å². The SMILES string of the molecule is CC1(C)CC1(C)C(=O)OC12CC3CC(CC(OC(=O)OCC4COC(=O)O4)(C3)C1)C2. The fraction of sp³-hybridized carbons (Fsp3) is 0.864. The summed E-state index contributed by atoms with van der Waals surface area (Å²) in [4.78, 5) is 36.4. The van der Waals surface area contributed by atoms with Crippen molar-refractivity contribution in [1.29, 1.82) is 0 Å². The molecule has 0 N–H and O–H groups in total. The van der Waals surface area contributed by atoms with E-state index in [2.05, 4.69) is 18.6 Å². The van der Waals surface area contributed by atoms with Crippen LogP contribution in [-0.2, 0) is 28.5 Å². The van der Waals surface area contributed by atoms with Crippen molar-refractivity contribution in [3.63, 3.8) is 0 Å². The summed E-state index contributed by atoms with van der Waals surface area (Å²) in [6.45, 7) is 6.15. The Hall–Kier alpha value is -1.99. The summed E-state index contributed by atoms with van der Waals surface area (Å²) >= 11 is 0. The maximum absolute atomic E-state index is 13.0. The van der Waals surface area contributed by atoms with Gasteiger partial charge in [-0.25, -0.2) is 9.59 Å². The second-order valence-corrected chi connectivity index (χ2v) is 11.1. The van der Waals surface area contributed by atoms with Crippen LogP contribution in [0.5, 0.6) is 0 Å². The molecule has 1 aliphatic heterocycles. The van der Waals surface area contributed by atoms with Crippen LogP contribution in [0.4, 0.5) is 9.59 Å². The zero-order valence-corrected chi connectivity index (χ0v) is 17.9. The molecule has 6 aliphatic rings. The lowest BCUT2D eigenvalue weighted by atomic mass is 9.52. The lowest BCUT2D eigenvalue weighted by Gasteiger charge is -2.60. The van der Waals surface area contributed by atoms with Crippen LogP contribution in [0.1, 0.15) is 65.7 Å². The fourth-order valence-corrected chi connectivity index (χ4v) is 6.65. The fourth-order valence-electron chi connectivity index (χ4n) is 6.65. The normalized spacial score (nSPS) is 44.8. The summed E-state index contributed by atoms with van der Waals surface area (Å²) in [5.74, 6) is 0.655. The van der Waals surface area contributed by atoms with E-state index >= 15 is 0 Å². The van der Waals surface area contributed by atoms with Crippen molar-refractivity contribution in [3.8, 4) is 0 Å². The van der Waals surface area contributed by atoms with Crippen LogP contribution in [0, 0.1) is 22.7 Å². The topological polar surface area (TPSA) is 97.4 Å². The average Bonchev–Trinajstić information content (AvgIpc) is 2.93. The minimum Gasteiger partial charge on any atom is -0.458 e. The van der Waals surface area contributed by atoms with Gasteiger partial charge < -0.3 is 23.7 Å². The van der Waals surface area contributed by atoms with Gasteiger partial charge in [0.25, 0.3) is 0 Å².